The average Bonchev–Trinajstić information content (AvgIpc) is 2.34. The number of aliphatic hydroxyl groups is 1. The van der Waals surface area contributed by atoms with Gasteiger partial charge in [0.2, 0.25) is 0 Å². The maximum atomic E-state index is 8.66. The van der Waals surface area contributed by atoms with Crippen molar-refractivity contribution in [1.82, 2.24) is 5.32 Å². The van der Waals surface area contributed by atoms with Gasteiger partial charge in [0.1, 0.15) is 6.23 Å². The van der Waals surface area contributed by atoms with Crippen molar-refractivity contribution >= 4 is 0 Å². The summed E-state index contributed by atoms with van der Waals surface area (Å²) in [7, 11) is 1.68. The number of ether oxygens (including phenoxy) is 1. The molecule has 1 aliphatic rings. The van der Waals surface area contributed by atoms with Gasteiger partial charge in [0.15, 0.2) is 0 Å². The van der Waals surface area contributed by atoms with Gasteiger partial charge in [-0.15, -0.1) is 0 Å². The third kappa shape index (κ3) is 1.64. The van der Waals surface area contributed by atoms with Crippen LogP contribution < -0.4 is 5.32 Å². The smallest absolute Gasteiger partial charge is 0.108 e. The molecule has 3 nitrogen and oxygen atoms in total. The van der Waals surface area contributed by atoms with Crippen molar-refractivity contribution < 1.29 is 9.84 Å². The monoisotopic (exact) mass is 131 g/mol. The molecule has 1 fully saturated rings. The lowest BCUT2D eigenvalue weighted by atomic mass is 10.2. The number of nitrogens with one attached hydrogen (secondary N) is 1. The summed E-state index contributed by atoms with van der Waals surface area (Å²) in [6.45, 7) is 0.222. The van der Waals surface area contributed by atoms with E-state index in [-0.39, 0.29) is 18.9 Å². The minimum Gasteiger partial charge on any atom is -0.395 e. The Bertz CT molecular complexity index is 77.1. The van der Waals surface area contributed by atoms with Crippen LogP contribution in [0, 0.1) is 0 Å². The van der Waals surface area contributed by atoms with Gasteiger partial charge >= 0.3 is 0 Å². The Hall–Kier alpha value is -0.120. The fourth-order valence-corrected chi connectivity index (χ4v) is 1.11. The van der Waals surface area contributed by atoms with Crippen LogP contribution in [0.4, 0.5) is 0 Å². The predicted octanol–water partition coefficient (Wildman–Crippen LogP) is -0.297. The number of rotatable bonds is 2. The molecule has 9 heavy (non-hydrogen) atoms. The largest absolute Gasteiger partial charge is 0.395 e. The van der Waals surface area contributed by atoms with Crippen LogP contribution in [0.25, 0.3) is 0 Å². The van der Waals surface area contributed by atoms with Crippen molar-refractivity contribution in [2.24, 2.45) is 0 Å². The third-order valence-electron chi connectivity index (χ3n) is 1.70. The van der Waals surface area contributed by atoms with E-state index in [4.69, 9.17) is 9.84 Å². The molecule has 2 N–H and O–H groups in total. The molecule has 1 rings (SSSR count). The van der Waals surface area contributed by atoms with E-state index in [1.165, 1.54) is 0 Å². The number of hydrogen-bond donors (Lipinski definition) is 2. The van der Waals surface area contributed by atoms with Gasteiger partial charge in [-0.05, 0) is 12.8 Å². The highest BCUT2D eigenvalue weighted by molar-refractivity contribution is 4.76. The van der Waals surface area contributed by atoms with E-state index in [1.54, 1.807) is 7.11 Å². The van der Waals surface area contributed by atoms with Gasteiger partial charge in [0, 0.05) is 13.2 Å². The van der Waals surface area contributed by atoms with Crippen LogP contribution >= 0.6 is 0 Å². The van der Waals surface area contributed by atoms with Gasteiger partial charge in [-0.2, -0.15) is 0 Å². The normalized spacial score (nSPS) is 35.3. The van der Waals surface area contributed by atoms with E-state index in [0.717, 1.165) is 12.8 Å². The van der Waals surface area contributed by atoms with Gasteiger partial charge in [0.25, 0.3) is 0 Å². The molecule has 3 heteroatoms. The zero-order valence-electron chi connectivity index (χ0n) is 5.63. The molecule has 2 atom stereocenters. The summed E-state index contributed by atoms with van der Waals surface area (Å²) in [6, 6.07) is 0.259. The van der Waals surface area contributed by atoms with Crippen molar-refractivity contribution in [3.63, 3.8) is 0 Å². The van der Waals surface area contributed by atoms with Crippen LogP contribution in [0.3, 0.4) is 0 Å². The second-order valence-electron chi connectivity index (χ2n) is 2.35. The first-order chi connectivity index (χ1) is 4.36. The Balaban J connectivity index is 2.20. The zero-order valence-corrected chi connectivity index (χ0v) is 5.63. The van der Waals surface area contributed by atoms with E-state index < -0.39 is 0 Å². The molecule has 0 aromatic rings. The summed E-state index contributed by atoms with van der Waals surface area (Å²) in [6.07, 6.45) is 2.21. The molecule has 54 valence electrons. The van der Waals surface area contributed by atoms with Crippen molar-refractivity contribution in [2.75, 3.05) is 13.7 Å². The maximum absolute atomic E-state index is 8.66. The SMILES string of the molecule is COC1CCC(CO)N1. The Labute approximate surface area is 55.0 Å². The summed E-state index contributed by atoms with van der Waals surface area (Å²) >= 11 is 0. The Morgan fingerprint density at radius 2 is 2.44 bits per heavy atom. The second kappa shape index (κ2) is 3.15. The van der Waals surface area contributed by atoms with E-state index in [0.29, 0.717) is 0 Å². The molecule has 1 aliphatic heterocycles. The van der Waals surface area contributed by atoms with E-state index in [9.17, 15) is 0 Å². The number of aliphatic hydroxyl groups excluding tert-OH is 1. The minimum atomic E-state index is 0.169. The van der Waals surface area contributed by atoms with Gasteiger partial charge < -0.3 is 9.84 Å². The molecule has 0 spiro atoms. The summed E-state index contributed by atoms with van der Waals surface area (Å²) in [4.78, 5) is 0. The average molecular weight is 131 g/mol. The molecular formula is C6H13NO2. The molecule has 0 aliphatic carbocycles. The van der Waals surface area contributed by atoms with Crippen LogP contribution in [0.15, 0.2) is 0 Å². The summed E-state index contributed by atoms with van der Waals surface area (Å²) < 4.78 is 5.02. The van der Waals surface area contributed by atoms with Gasteiger partial charge in [0.05, 0.1) is 6.61 Å². The second-order valence-corrected chi connectivity index (χ2v) is 2.35. The molecule has 1 heterocycles. The van der Waals surface area contributed by atoms with Crippen molar-refractivity contribution in [3.05, 3.63) is 0 Å². The van der Waals surface area contributed by atoms with Crippen molar-refractivity contribution in [3.8, 4) is 0 Å². The predicted molar refractivity (Wildman–Crippen MR) is 34.0 cm³/mol. The van der Waals surface area contributed by atoms with Crippen LogP contribution in [0.5, 0.6) is 0 Å². The zero-order chi connectivity index (χ0) is 6.69. The Morgan fingerprint density at radius 3 is 2.78 bits per heavy atom. The molecule has 2 unspecified atom stereocenters. The van der Waals surface area contributed by atoms with Crippen molar-refractivity contribution in [1.29, 1.82) is 0 Å². The van der Waals surface area contributed by atoms with E-state index in [2.05, 4.69) is 5.32 Å². The Kier molecular flexibility index (Phi) is 2.45. The lowest BCUT2D eigenvalue weighted by Gasteiger charge is -2.09. The van der Waals surface area contributed by atoms with Crippen LogP contribution in [-0.2, 0) is 4.74 Å². The molecule has 0 saturated carbocycles. The van der Waals surface area contributed by atoms with Gasteiger partial charge in [-0.1, -0.05) is 0 Å². The molecule has 0 aromatic carbocycles. The number of methoxy groups -OCH3 is 1. The molecule has 0 aromatic heterocycles. The van der Waals surface area contributed by atoms with Crippen molar-refractivity contribution in [2.45, 2.75) is 25.1 Å². The quantitative estimate of drug-likeness (QED) is 0.540. The molecular weight excluding hydrogens is 118 g/mol. The highest BCUT2D eigenvalue weighted by Gasteiger charge is 2.21. The minimum absolute atomic E-state index is 0.169. The third-order valence-corrected chi connectivity index (χ3v) is 1.70. The fourth-order valence-electron chi connectivity index (χ4n) is 1.11. The maximum Gasteiger partial charge on any atom is 0.108 e. The summed E-state index contributed by atoms with van der Waals surface area (Å²) in [5.41, 5.74) is 0. The molecule has 1 saturated heterocycles. The summed E-state index contributed by atoms with van der Waals surface area (Å²) in [5.74, 6) is 0. The van der Waals surface area contributed by atoms with Crippen LogP contribution in [0.2, 0.25) is 0 Å². The highest BCUT2D eigenvalue weighted by Crippen LogP contribution is 2.11. The van der Waals surface area contributed by atoms with Gasteiger partial charge in [-0.3, -0.25) is 5.32 Å². The van der Waals surface area contributed by atoms with Gasteiger partial charge in [-0.25, -0.2) is 0 Å². The number of hydrogen-bond acceptors (Lipinski definition) is 3. The Morgan fingerprint density at radius 1 is 1.67 bits per heavy atom. The van der Waals surface area contributed by atoms with E-state index >= 15 is 0 Å². The van der Waals surface area contributed by atoms with Crippen LogP contribution in [0.1, 0.15) is 12.8 Å². The highest BCUT2D eigenvalue weighted by atomic mass is 16.5. The lowest BCUT2D eigenvalue weighted by molar-refractivity contribution is 0.0829. The molecule has 0 amide bonds. The molecule has 0 radical (unpaired) electrons. The fraction of sp³-hybridized carbons (Fsp3) is 1.00. The topological polar surface area (TPSA) is 41.5 Å². The summed E-state index contributed by atoms with van der Waals surface area (Å²) in [5, 5.41) is 11.8. The first-order valence-electron chi connectivity index (χ1n) is 3.26. The molecule has 0 bridgehead atoms. The standard InChI is InChI=1S/C6H13NO2/c1-9-6-3-2-5(4-8)7-6/h5-8H,2-4H2,1H3. The first kappa shape index (κ1) is 6.99. The van der Waals surface area contributed by atoms with E-state index in [1.807, 2.05) is 0 Å². The first-order valence-corrected chi connectivity index (χ1v) is 3.26. The van der Waals surface area contributed by atoms with Crippen LogP contribution in [-0.4, -0.2) is 31.1 Å². The lowest BCUT2D eigenvalue weighted by Crippen LogP contribution is -2.32.